The van der Waals surface area contributed by atoms with E-state index in [0.29, 0.717) is 0 Å². The van der Waals surface area contributed by atoms with Crippen molar-refractivity contribution in [1.29, 1.82) is 0 Å². The van der Waals surface area contributed by atoms with Crippen LogP contribution in [0.5, 0.6) is 0 Å². The molecule has 0 saturated heterocycles. The number of ketones is 1. The van der Waals surface area contributed by atoms with Gasteiger partial charge in [0, 0.05) is 10.0 Å². The highest BCUT2D eigenvalue weighted by Gasteiger charge is 2.14. The molecule has 0 aliphatic carbocycles. The molecule has 0 aromatic heterocycles. The Balaban J connectivity index is 2.53. The molecule has 0 heterocycles. The van der Waals surface area contributed by atoms with Gasteiger partial charge in [-0.3, -0.25) is 4.79 Å². The standard InChI is InChI=1S/C13H17BrOS/c1-3-4-9-16-10(2)13(15)11-5-7-12(14)8-6-11/h5-8,10H,3-4,9H2,1-2H3. The van der Waals surface area contributed by atoms with Gasteiger partial charge in [-0.25, -0.2) is 0 Å². The topological polar surface area (TPSA) is 17.1 Å². The molecule has 3 heteroatoms. The van der Waals surface area contributed by atoms with Crippen LogP contribution in [0.3, 0.4) is 0 Å². The monoisotopic (exact) mass is 300 g/mol. The molecule has 88 valence electrons. The van der Waals surface area contributed by atoms with Crippen molar-refractivity contribution in [2.24, 2.45) is 0 Å². The molecule has 1 nitrogen and oxygen atoms in total. The Morgan fingerprint density at radius 3 is 2.56 bits per heavy atom. The smallest absolute Gasteiger partial charge is 0.175 e. The number of carbonyl (C=O) groups is 1. The molecular formula is C13H17BrOS. The number of thioether (sulfide) groups is 1. The second-order valence-corrected chi connectivity index (χ2v) is 6.10. The van der Waals surface area contributed by atoms with Crippen LogP contribution in [0.25, 0.3) is 0 Å². The van der Waals surface area contributed by atoms with Gasteiger partial charge in [0.1, 0.15) is 0 Å². The molecule has 0 fully saturated rings. The number of carbonyl (C=O) groups excluding carboxylic acids is 1. The Morgan fingerprint density at radius 2 is 2.00 bits per heavy atom. The number of Topliss-reactive ketones (excluding diaryl/α,β-unsaturated/α-hetero) is 1. The van der Waals surface area contributed by atoms with Crippen molar-refractivity contribution in [2.75, 3.05) is 5.75 Å². The summed E-state index contributed by atoms with van der Waals surface area (Å²) in [6, 6.07) is 7.58. The third-order valence-corrected chi connectivity index (χ3v) is 4.13. The number of benzene rings is 1. The molecule has 1 rings (SSSR count). The van der Waals surface area contributed by atoms with Gasteiger partial charge in [-0.05, 0) is 31.2 Å². The number of unbranched alkanes of at least 4 members (excludes halogenated alkanes) is 1. The minimum atomic E-state index is 0.0627. The molecule has 0 bridgehead atoms. The van der Waals surface area contributed by atoms with Gasteiger partial charge in [-0.2, -0.15) is 11.8 Å². The fourth-order valence-corrected chi connectivity index (χ4v) is 2.69. The highest BCUT2D eigenvalue weighted by Crippen LogP contribution is 2.19. The second kappa shape index (κ2) is 7.13. The minimum Gasteiger partial charge on any atom is -0.293 e. The van der Waals surface area contributed by atoms with Crippen LogP contribution in [0.1, 0.15) is 37.0 Å². The Hall–Kier alpha value is -0.280. The first kappa shape index (κ1) is 13.8. The van der Waals surface area contributed by atoms with Crippen molar-refractivity contribution in [3.63, 3.8) is 0 Å². The van der Waals surface area contributed by atoms with Crippen LogP contribution in [-0.2, 0) is 0 Å². The van der Waals surface area contributed by atoms with Crippen molar-refractivity contribution in [3.8, 4) is 0 Å². The van der Waals surface area contributed by atoms with Gasteiger partial charge in [0.2, 0.25) is 0 Å². The molecule has 0 aliphatic heterocycles. The lowest BCUT2D eigenvalue weighted by Crippen LogP contribution is -2.13. The van der Waals surface area contributed by atoms with Crippen LogP contribution in [0.15, 0.2) is 28.7 Å². The van der Waals surface area contributed by atoms with E-state index in [1.54, 1.807) is 11.8 Å². The van der Waals surface area contributed by atoms with Crippen molar-refractivity contribution in [2.45, 2.75) is 31.9 Å². The predicted molar refractivity (Wildman–Crippen MR) is 75.3 cm³/mol. The van der Waals surface area contributed by atoms with Crippen molar-refractivity contribution >= 4 is 33.5 Å². The summed E-state index contributed by atoms with van der Waals surface area (Å²) in [5.41, 5.74) is 0.805. The molecule has 0 saturated carbocycles. The SMILES string of the molecule is CCCCSC(C)C(=O)c1ccc(Br)cc1. The first-order valence-corrected chi connectivity index (χ1v) is 7.40. The third kappa shape index (κ3) is 4.30. The largest absolute Gasteiger partial charge is 0.293 e. The van der Waals surface area contributed by atoms with Crippen LogP contribution in [0, 0.1) is 0 Å². The molecule has 1 aromatic carbocycles. The summed E-state index contributed by atoms with van der Waals surface area (Å²) in [7, 11) is 0. The van der Waals surface area contributed by atoms with E-state index in [9.17, 15) is 4.79 Å². The maximum absolute atomic E-state index is 12.0. The molecule has 1 aromatic rings. The van der Waals surface area contributed by atoms with E-state index in [2.05, 4.69) is 22.9 Å². The number of hydrogen-bond acceptors (Lipinski definition) is 2. The van der Waals surface area contributed by atoms with Gasteiger partial charge in [0.15, 0.2) is 5.78 Å². The summed E-state index contributed by atoms with van der Waals surface area (Å²) >= 11 is 5.11. The fourth-order valence-electron chi connectivity index (χ4n) is 1.33. The summed E-state index contributed by atoms with van der Waals surface area (Å²) in [6.45, 7) is 4.16. The Morgan fingerprint density at radius 1 is 1.38 bits per heavy atom. The normalized spacial score (nSPS) is 12.4. The zero-order valence-electron chi connectivity index (χ0n) is 9.70. The molecule has 0 radical (unpaired) electrons. The summed E-state index contributed by atoms with van der Waals surface area (Å²) in [6.07, 6.45) is 2.37. The van der Waals surface area contributed by atoms with Gasteiger partial charge in [0.05, 0.1) is 5.25 Å². The zero-order chi connectivity index (χ0) is 12.0. The molecule has 1 unspecified atom stereocenters. The van der Waals surface area contributed by atoms with Crippen LogP contribution in [0.2, 0.25) is 0 Å². The first-order chi connectivity index (χ1) is 7.65. The van der Waals surface area contributed by atoms with E-state index in [0.717, 1.165) is 15.8 Å². The van der Waals surface area contributed by atoms with Gasteiger partial charge in [-0.1, -0.05) is 41.4 Å². The van der Waals surface area contributed by atoms with E-state index in [4.69, 9.17) is 0 Å². The lowest BCUT2D eigenvalue weighted by molar-refractivity contribution is 0.0994. The average molecular weight is 301 g/mol. The summed E-state index contributed by atoms with van der Waals surface area (Å²) in [5, 5.41) is 0.0627. The summed E-state index contributed by atoms with van der Waals surface area (Å²) in [4.78, 5) is 12.0. The molecule has 0 spiro atoms. The summed E-state index contributed by atoms with van der Waals surface area (Å²) < 4.78 is 1.01. The van der Waals surface area contributed by atoms with Gasteiger partial charge in [0.25, 0.3) is 0 Å². The molecular weight excluding hydrogens is 284 g/mol. The Kier molecular flexibility index (Phi) is 6.14. The average Bonchev–Trinajstić information content (AvgIpc) is 2.29. The highest BCUT2D eigenvalue weighted by atomic mass is 79.9. The van der Waals surface area contributed by atoms with Crippen molar-refractivity contribution < 1.29 is 4.79 Å². The van der Waals surface area contributed by atoms with Crippen molar-refractivity contribution in [3.05, 3.63) is 34.3 Å². The molecule has 0 aliphatic rings. The first-order valence-electron chi connectivity index (χ1n) is 5.56. The van der Waals surface area contributed by atoms with E-state index in [1.165, 1.54) is 12.8 Å². The minimum absolute atomic E-state index is 0.0627. The summed E-state index contributed by atoms with van der Waals surface area (Å²) in [5.74, 6) is 1.30. The van der Waals surface area contributed by atoms with E-state index >= 15 is 0 Å². The van der Waals surface area contributed by atoms with Gasteiger partial charge >= 0.3 is 0 Å². The van der Waals surface area contributed by atoms with Crippen molar-refractivity contribution in [1.82, 2.24) is 0 Å². The van der Waals surface area contributed by atoms with Crippen LogP contribution < -0.4 is 0 Å². The third-order valence-electron chi connectivity index (χ3n) is 2.36. The zero-order valence-corrected chi connectivity index (χ0v) is 12.1. The van der Waals surface area contributed by atoms with Crippen LogP contribution >= 0.6 is 27.7 Å². The van der Waals surface area contributed by atoms with E-state index in [1.807, 2.05) is 31.2 Å². The molecule has 1 atom stereocenters. The lowest BCUT2D eigenvalue weighted by Gasteiger charge is -2.09. The van der Waals surface area contributed by atoms with Gasteiger partial charge < -0.3 is 0 Å². The quantitative estimate of drug-likeness (QED) is 0.566. The van der Waals surface area contributed by atoms with E-state index < -0.39 is 0 Å². The lowest BCUT2D eigenvalue weighted by atomic mass is 10.1. The maximum Gasteiger partial charge on any atom is 0.175 e. The number of hydrogen-bond donors (Lipinski definition) is 0. The number of rotatable bonds is 6. The number of halogens is 1. The van der Waals surface area contributed by atoms with E-state index in [-0.39, 0.29) is 11.0 Å². The predicted octanol–water partition coefficient (Wildman–Crippen LogP) is 4.55. The fraction of sp³-hybridized carbons (Fsp3) is 0.462. The molecule has 0 amide bonds. The Labute approximate surface area is 110 Å². The molecule has 16 heavy (non-hydrogen) atoms. The maximum atomic E-state index is 12.0. The van der Waals surface area contributed by atoms with Crippen LogP contribution in [-0.4, -0.2) is 16.8 Å². The molecule has 0 N–H and O–H groups in total. The van der Waals surface area contributed by atoms with Gasteiger partial charge in [-0.15, -0.1) is 0 Å². The van der Waals surface area contributed by atoms with Crippen LogP contribution in [0.4, 0.5) is 0 Å². The highest BCUT2D eigenvalue weighted by molar-refractivity contribution is 9.10. The Bertz CT molecular complexity index is 334. The second-order valence-electron chi connectivity index (χ2n) is 3.74.